The van der Waals surface area contributed by atoms with Crippen LogP contribution in [0.3, 0.4) is 0 Å². The Morgan fingerprint density at radius 2 is 2.20 bits per heavy atom. The zero-order valence-electron chi connectivity index (χ0n) is 13.8. The molecule has 1 aromatic carbocycles. The van der Waals surface area contributed by atoms with Gasteiger partial charge < -0.3 is 24.8 Å². The molecule has 2 rings (SSSR count). The molecule has 1 aliphatic heterocycles. The number of rotatable bonds is 6. The summed E-state index contributed by atoms with van der Waals surface area (Å²) in [6.07, 6.45) is -6.30. The Labute approximate surface area is 143 Å². The van der Waals surface area contributed by atoms with Gasteiger partial charge in [-0.05, 0) is 12.1 Å². The molecule has 1 aliphatic rings. The Bertz CT molecular complexity index is 577. The molecule has 25 heavy (non-hydrogen) atoms. The molecular weight excluding hydrogens is 341 g/mol. The van der Waals surface area contributed by atoms with Crippen LogP contribution in [0.15, 0.2) is 24.3 Å². The van der Waals surface area contributed by atoms with E-state index in [2.05, 4.69) is 5.32 Å². The summed E-state index contributed by atoms with van der Waals surface area (Å²) in [5, 5.41) is 13.0. The van der Waals surface area contributed by atoms with Crippen LogP contribution in [0.4, 0.5) is 13.2 Å². The lowest BCUT2D eigenvalue weighted by Gasteiger charge is -2.28. The Kier molecular flexibility index (Phi) is 6.63. The molecule has 2 atom stereocenters. The first-order valence-electron chi connectivity index (χ1n) is 7.83. The van der Waals surface area contributed by atoms with Crippen LogP contribution in [-0.2, 0) is 15.7 Å². The van der Waals surface area contributed by atoms with Gasteiger partial charge in [-0.15, -0.1) is 0 Å². The number of nitrogens with one attached hydrogen (secondary N) is 1. The first kappa shape index (κ1) is 19.5. The van der Waals surface area contributed by atoms with E-state index in [0.717, 1.165) is 6.07 Å². The fraction of sp³-hybridized carbons (Fsp3) is 0.562. The smallest absolute Gasteiger partial charge is 0.419 e. The molecular formula is C16H21F3N2O4. The minimum Gasteiger partial charge on any atom is -0.490 e. The third-order valence-corrected chi connectivity index (χ3v) is 3.69. The van der Waals surface area contributed by atoms with Gasteiger partial charge >= 0.3 is 6.18 Å². The first-order chi connectivity index (χ1) is 11.8. The quantitative estimate of drug-likeness (QED) is 0.787. The Morgan fingerprint density at radius 3 is 2.84 bits per heavy atom. The molecule has 0 radical (unpaired) electrons. The molecule has 1 aromatic rings. The van der Waals surface area contributed by atoms with Crippen LogP contribution in [0, 0.1) is 0 Å². The van der Waals surface area contributed by atoms with E-state index in [0.29, 0.717) is 19.7 Å². The van der Waals surface area contributed by atoms with Crippen molar-refractivity contribution in [1.82, 2.24) is 10.2 Å². The zero-order chi connectivity index (χ0) is 18.4. The van der Waals surface area contributed by atoms with Gasteiger partial charge in [-0.3, -0.25) is 4.79 Å². The number of para-hydroxylation sites is 1. The zero-order valence-corrected chi connectivity index (χ0v) is 13.8. The van der Waals surface area contributed by atoms with Crippen molar-refractivity contribution in [2.45, 2.75) is 18.4 Å². The molecule has 1 saturated heterocycles. The van der Waals surface area contributed by atoms with Crippen LogP contribution in [-0.4, -0.2) is 68.0 Å². The third kappa shape index (κ3) is 5.58. The van der Waals surface area contributed by atoms with Gasteiger partial charge in [0.25, 0.3) is 5.91 Å². The van der Waals surface area contributed by atoms with Crippen LogP contribution in [0.1, 0.15) is 5.56 Å². The summed E-state index contributed by atoms with van der Waals surface area (Å²) in [7, 11) is 1.49. The lowest BCUT2D eigenvalue weighted by molar-refractivity contribution is -0.145. The monoisotopic (exact) mass is 362 g/mol. The normalized spacial score (nSPS) is 19.3. The molecule has 0 unspecified atom stereocenters. The number of carbonyl (C=O) groups is 1. The van der Waals surface area contributed by atoms with Crippen molar-refractivity contribution in [1.29, 1.82) is 0 Å². The number of nitrogens with zero attached hydrogens (tertiary/aromatic N) is 1. The van der Waals surface area contributed by atoms with Crippen LogP contribution in [0.2, 0.25) is 0 Å². The van der Waals surface area contributed by atoms with Crippen LogP contribution in [0.25, 0.3) is 0 Å². The lowest BCUT2D eigenvalue weighted by Crippen LogP contribution is -2.50. The van der Waals surface area contributed by atoms with E-state index in [1.165, 1.54) is 30.1 Å². The van der Waals surface area contributed by atoms with E-state index < -0.39 is 23.9 Å². The molecule has 6 nitrogen and oxygen atoms in total. The maximum absolute atomic E-state index is 12.9. The number of likely N-dealkylation sites (N-methyl/N-ethyl adjacent to an activating group) is 1. The van der Waals surface area contributed by atoms with Gasteiger partial charge in [0.1, 0.15) is 24.6 Å². The molecule has 140 valence electrons. The van der Waals surface area contributed by atoms with Gasteiger partial charge in [0.2, 0.25) is 0 Å². The highest BCUT2D eigenvalue weighted by atomic mass is 19.4. The molecule has 0 saturated carbocycles. The second kappa shape index (κ2) is 8.50. The highest BCUT2D eigenvalue weighted by Gasteiger charge is 2.34. The maximum Gasteiger partial charge on any atom is 0.419 e. The molecule has 0 spiro atoms. The van der Waals surface area contributed by atoms with Crippen molar-refractivity contribution < 1.29 is 32.5 Å². The number of aliphatic hydroxyl groups is 1. The van der Waals surface area contributed by atoms with Crippen LogP contribution in [0.5, 0.6) is 5.75 Å². The Morgan fingerprint density at radius 1 is 1.48 bits per heavy atom. The molecule has 0 aromatic heterocycles. The summed E-state index contributed by atoms with van der Waals surface area (Å²) in [4.78, 5) is 13.4. The predicted octanol–water partition coefficient (Wildman–Crippen LogP) is 0.892. The lowest BCUT2D eigenvalue weighted by atomic mass is 10.2. The van der Waals surface area contributed by atoms with Gasteiger partial charge in [0.05, 0.1) is 12.2 Å². The summed E-state index contributed by atoms with van der Waals surface area (Å²) in [6, 6.07) is 4.77. The van der Waals surface area contributed by atoms with Gasteiger partial charge in [0, 0.05) is 26.7 Å². The molecule has 1 amide bonds. The van der Waals surface area contributed by atoms with Crippen molar-refractivity contribution in [3.05, 3.63) is 29.8 Å². The van der Waals surface area contributed by atoms with Crippen molar-refractivity contribution in [3.63, 3.8) is 0 Å². The minimum absolute atomic E-state index is 0.0765. The molecule has 1 fully saturated rings. The number of alkyl halides is 3. The predicted molar refractivity (Wildman–Crippen MR) is 83.2 cm³/mol. The fourth-order valence-corrected chi connectivity index (χ4v) is 2.44. The van der Waals surface area contributed by atoms with Gasteiger partial charge in [0.15, 0.2) is 0 Å². The van der Waals surface area contributed by atoms with Crippen LogP contribution < -0.4 is 10.1 Å². The van der Waals surface area contributed by atoms with Crippen LogP contribution >= 0.6 is 0 Å². The van der Waals surface area contributed by atoms with E-state index in [4.69, 9.17) is 9.47 Å². The molecule has 9 heteroatoms. The van der Waals surface area contributed by atoms with Gasteiger partial charge in [-0.25, -0.2) is 0 Å². The Hall–Kier alpha value is -1.84. The van der Waals surface area contributed by atoms with Crippen molar-refractivity contribution >= 4 is 5.91 Å². The van der Waals surface area contributed by atoms with E-state index >= 15 is 0 Å². The summed E-state index contributed by atoms with van der Waals surface area (Å²) >= 11 is 0. The molecule has 0 aliphatic carbocycles. The Balaban J connectivity index is 1.86. The standard InChI is InChI=1S/C16H21F3N2O4/c1-21(15(23)14-8-20-6-7-24-14)9-11(22)10-25-13-5-3-2-4-12(13)16(17,18)19/h2-5,11,14,20,22H,6-10H2,1H3/t11-,14+/m1/s1. The summed E-state index contributed by atoms with van der Waals surface area (Å²) in [5.74, 6) is -0.662. The van der Waals surface area contributed by atoms with Crippen molar-refractivity contribution in [3.8, 4) is 5.75 Å². The van der Waals surface area contributed by atoms with E-state index in [1.807, 2.05) is 0 Å². The number of amides is 1. The number of benzene rings is 1. The number of aliphatic hydroxyl groups excluding tert-OH is 1. The SMILES string of the molecule is CN(C[C@@H](O)COc1ccccc1C(F)(F)F)C(=O)[C@@H]1CNCCO1. The van der Waals surface area contributed by atoms with Gasteiger partial charge in [-0.1, -0.05) is 12.1 Å². The number of hydrogen-bond donors (Lipinski definition) is 2. The summed E-state index contributed by atoms with van der Waals surface area (Å²) in [5.41, 5.74) is -0.909. The average molecular weight is 362 g/mol. The summed E-state index contributed by atoms with van der Waals surface area (Å²) in [6.45, 7) is 1.03. The van der Waals surface area contributed by atoms with E-state index in [-0.39, 0.29) is 24.8 Å². The molecule has 0 bridgehead atoms. The second-order valence-electron chi connectivity index (χ2n) is 5.74. The number of morpholine rings is 1. The van der Waals surface area contributed by atoms with Crippen molar-refractivity contribution in [2.24, 2.45) is 0 Å². The number of hydrogen-bond acceptors (Lipinski definition) is 5. The molecule has 2 N–H and O–H groups in total. The number of ether oxygens (including phenoxy) is 2. The maximum atomic E-state index is 12.9. The first-order valence-corrected chi connectivity index (χ1v) is 7.83. The highest BCUT2D eigenvalue weighted by molar-refractivity contribution is 5.81. The minimum atomic E-state index is -4.54. The van der Waals surface area contributed by atoms with E-state index in [9.17, 15) is 23.1 Å². The largest absolute Gasteiger partial charge is 0.490 e. The van der Waals surface area contributed by atoms with Crippen molar-refractivity contribution in [2.75, 3.05) is 39.9 Å². The number of halogens is 3. The second-order valence-corrected chi connectivity index (χ2v) is 5.74. The third-order valence-electron chi connectivity index (χ3n) is 3.69. The average Bonchev–Trinajstić information content (AvgIpc) is 2.59. The van der Waals surface area contributed by atoms with E-state index in [1.54, 1.807) is 0 Å². The van der Waals surface area contributed by atoms with Gasteiger partial charge in [-0.2, -0.15) is 13.2 Å². The summed E-state index contributed by atoms with van der Waals surface area (Å²) < 4.78 is 49.1. The highest BCUT2D eigenvalue weighted by Crippen LogP contribution is 2.35. The molecule has 1 heterocycles. The fourth-order valence-electron chi connectivity index (χ4n) is 2.44. The topological polar surface area (TPSA) is 71.0 Å². The number of carbonyl (C=O) groups excluding carboxylic acids is 1.